The molecule has 0 aliphatic heterocycles. The quantitative estimate of drug-likeness (QED) is 0.329. The van der Waals surface area contributed by atoms with Crippen molar-refractivity contribution in [3.05, 3.63) is 22.4 Å². The van der Waals surface area contributed by atoms with E-state index >= 15 is 0 Å². The largest absolute Gasteiger partial charge is 0.356 e. The SMILES string of the molecule is CCCCCNC(=NC)NCCc1cccs1.I. The van der Waals surface area contributed by atoms with Crippen LogP contribution in [0.5, 0.6) is 0 Å². The minimum absolute atomic E-state index is 0. The molecular formula is C13H24IN3S. The van der Waals surface area contributed by atoms with Crippen molar-refractivity contribution in [3.63, 3.8) is 0 Å². The minimum atomic E-state index is 0. The summed E-state index contributed by atoms with van der Waals surface area (Å²) in [5.74, 6) is 0.914. The van der Waals surface area contributed by atoms with E-state index in [4.69, 9.17) is 0 Å². The van der Waals surface area contributed by atoms with Gasteiger partial charge < -0.3 is 10.6 Å². The van der Waals surface area contributed by atoms with E-state index in [1.165, 1.54) is 24.1 Å². The van der Waals surface area contributed by atoms with E-state index in [2.05, 4.69) is 40.1 Å². The second-order valence-corrected chi connectivity index (χ2v) is 4.99. The fourth-order valence-electron chi connectivity index (χ4n) is 1.56. The predicted octanol–water partition coefficient (Wildman–Crippen LogP) is 3.26. The van der Waals surface area contributed by atoms with Crippen LogP contribution in [-0.2, 0) is 6.42 Å². The molecule has 0 aliphatic rings. The highest BCUT2D eigenvalue weighted by Gasteiger charge is 1.97. The third kappa shape index (κ3) is 7.92. The van der Waals surface area contributed by atoms with Gasteiger partial charge in [0.2, 0.25) is 0 Å². The van der Waals surface area contributed by atoms with Gasteiger partial charge in [0.15, 0.2) is 5.96 Å². The highest BCUT2D eigenvalue weighted by molar-refractivity contribution is 14.0. The Hall–Kier alpha value is -0.300. The molecule has 0 aromatic carbocycles. The summed E-state index contributed by atoms with van der Waals surface area (Å²) in [6, 6.07) is 4.27. The Morgan fingerprint density at radius 3 is 2.67 bits per heavy atom. The van der Waals surface area contributed by atoms with Crippen molar-refractivity contribution in [1.29, 1.82) is 0 Å². The van der Waals surface area contributed by atoms with Crippen LogP contribution in [0.3, 0.4) is 0 Å². The number of aliphatic imine (C=N–C) groups is 1. The topological polar surface area (TPSA) is 36.4 Å². The Morgan fingerprint density at radius 2 is 2.06 bits per heavy atom. The molecular weight excluding hydrogens is 357 g/mol. The molecule has 0 radical (unpaired) electrons. The fraction of sp³-hybridized carbons (Fsp3) is 0.615. The van der Waals surface area contributed by atoms with Gasteiger partial charge in [0, 0.05) is 25.0 Å². The van der Waals surface area contributed by atoms with Crippen LogP contribution < -0.4 is 10.6 Å². The van der Waals surface area contributed by atoms with Crippen LogP contribution >= 0.6 is 35.3 Å². The van der Waals surface area contributed by atoms with Gasteiger partial charge in [0.1, 0.15) is 0 Å². The van der Waals surface area contributed by atoms with Crippen molar-refractivity contribution < 1.29 is 0 Å². The molecule has 0 amide bonds. The van der Waals surface area contributed by atoms with Gasteiger partial charge in [0.25, 0.3) is 0 Å². The maximum absolute atomic E-state index is 4.20. The number of hydrogen-bond acceptors (Lipinski definition) is 2. The zero-order valence-corrected chi connectivity index (χ0v) is 14.4. The standard InChI is InChI=1S/C13H23N3S.HI/c1-3-4-5-9-15-13(14-2)16-10-8-12-7-6-11-17-12;/h6-7,11H,3-5,8-10H2,1-2H3,(H2,14,15,16);1H. The van der Waals surface area contributed by atoms with Crippen LogP contribution in [0, 0.1) is 0 Å². The van der Waals surface area contributed by atoms with E-state index in [0.717, 1.165) is 25.5 Å². The van der Waals surface area contributed by atoms with Crippen molar-refractivity contribution in [3.8, 4) is 0 Å². The van der Waals surface area contributed by atoms with Crippen LogP contribution in [0.15, 0.2) is 22.5 Å². The van der Waals surface area contributed by atoms with Gasteiger partial charge in [-0.25, -0.2) is 0 Å². The summed E-state index contributed by atoms with van der Waals surface area (Å²) in [6.07, 6.45) is 4.81. The first-order chi connectivity index (χ1) is 8.36. The maximum Gasteiger partial charge on any atom is 0.190 e. The molecule has 1 rings (SSSR count). The maximum atomic E-state index is 4.20. The molecule has 0 bridgehead atoms. The van der Waals surface area contributed by atoms with Crippen molar-refractivity contribution in [1.82, 2.24) is 10.6 Å². The number of halogens is 1. The summed E-state index contributed by atoms with van der Waals surface area (Å²) < 4.78 is 0. The van der Waals surface area contributed by atoms with Gasteiger partial charge in [0.05, 0.1) is 0 Å². The lowest BCUT2D eigenvalue weighted by molar-refractivity contribution is 0.682. The number of guanidine groups is 1. The van der Waals surface area contributed by atoms with Crippen LogP contribution in [0.1, 0.15) is 31.1 Å². The van der Waals surface area contributed by atoms with Crippen LogP contribution in [0.25, 0.3) is 0 Å². The van der Waals surface area contributed by atoms with Gasteiger partial charge >= 0.3 is 0 Å². The van der Waals surface area contributed by atoms with Crippen molar-refractivity contribution in [2.24, 2.45) is 4.99 Å². The summed E-state index contributed by atoms with van der Waals surface area (Å²) in [5.41, 5.74) is 0. The lowest BCUT2D eigenvalue weighted by Crippen LogP contribution is -2.38. The summed E-state index contributed by atoms with van der Waals surface area (Å²) in [4.78, 5) is 5.62. The third-order valence-corrected chi connectivity index (χ3v) is 3.48. The molecule has 0 unspecified atom stereocenters. The number of rotatable bonds is 7. The van der Waals surface area contributed by atoms with E-state index < -0.39 is 0 Å². The molecule has 1 aromatic heterocycles. The van der Waals surface area contributed by atoms with Gasteiger partial charge in [-0.05, 0) is 24.3 Å². The van der Waals surface area contributed by atoms with Gasteiger partial charge in [-0.3, -0.25) is 4.99 Å². The number of hydrogen-bond donors (Lipinski definition) is 2. The van der Waals surface area contributed by atoms with Gasteiger partial charge in [-0.1, -0.05) is 25.8 Å². The molecule has 5 heteroatoms. The normalized spacial score (nSPS) is 10.9. The minimum Gasteiger partial charge on any atom is -0.356 e. The molecule has 2 N–H and O–H groups in total. The number of nitrogens with one attached hydrogen (secondary N) is 2. The second kappa shape index (κ2) is 11.8. The zero-order chi connectivity index (χ0) is 12.3. The van der Waals surface area contributed by atoms with E-state index in [-0.39, 0.29) is 24.0 Å². The molecule has 0 aliphatic carbocycles. The molecule has 0 spiro atoms. The lowest BCUT2D eigenvalue weighted by Gasteiger charge is -2.11. The summed E-state index contributed by atoms with van der Waals surface area (Å²) in [7, 11) is 1.82. The average Bonchev–Trinajstić information content (AvgIpc) is 2.85. The first kappa shape index (κ1) is 17.7. The summed E-state index contributed by atoms with van der Waals surface area (Å²) in [5, 5.41) is 8.77. The third-order valence-electron chi connectivity index (χ3n) is 2.54. The monoisotopic (exact) mass is 381 g/mol. The summed E-state index contributed by atoms with van der Waals surface area (Å²) in [6.45, 7) is 4.16. The molecule has 3 nitrogen and oxygen atoms in total. The number of nitrogens with zero attached hydrogens (tertiary/aromatic N) is 1. The van der Waals surface area contributed by atoms with E-state index in [0.29, 0.717) is 0 Å². The van der Waals surface area contributed by atoms with Crippen molar-refractivity contribution >= 4 is 41.3 Å². The van der Waals surface area contributed by atoms with Crippen LogP contribution in [0.2, 0.25) is 0 Å². The number of unbranched alkanes of at least 4 members (excludes halogenated alkanes) is 2. The Balaban J connectivity index is 0.00000289. The van der Waals surface area contributed by atoms with Gasteiger partial charge in [-0.15, -0.1) is 35.3 Å². The highest BCUT2D eigenvalue weighted by atomic mass is 127. The summed E-state index contributed by atoms with van der Waals surface area (Å²) >= 11 is 1.81. The number of thiophene rings is 1. The highest BCUT2D eigenvalue weighted by Crippen LogP contribution is 2.07. The lowest BCUT2D eigenvalue weighted by atomic mass is 10.2. The first-order valence-electron chi connectivity index (χ1n) is 6.33. The smallest absolute Gasteiger partial charge is 0.190 e. The van der Waals surface area contributed by atoms with Crippen LogP contribution in [-0.4, -0.2) is 26.1 Å². The molecule has 18 heavy (non-hydrogen) atoms. The Bertz CT molecular complexity index is 312. The molecule has 0 saturated heterocycles. The van der Waals surface area contributed by atoms with E-state index in [9.17, 15) is 0 Å². The first-order valence-corrected chi connectivity index (χ1v) is 7.21. The Kier molecular flexibility index (Phi) is 11.6. The van der Waals surface area contributed by atoms with Crippen LogP contribution in [0.4, 0.5) is 0 Å². The molecule has 1 aromatic rings. The predicted molar refractivity (Wildman–Crippen MR) is 92.3 cm³/mol. The molecule has 104 valence electrons. The van der Waals surface area contributed by atoms with Crippen molar-refractivity contribution in [2.75, 3.05) is 20.1 Å². The van der Waals surface area contributed by atoms with Gasteiger partial charge in [-0.2, -0.15) is 0 Å². The molecule has 1 heterocycles. The molecule has 0 saturated carbocycles. The van der Waals surface area contributed by atoms with E-state index in [1.807, 2.05) is 7.05 Å². The average molecular weight is 381 g/mol. The fourth-order valence-corrected chi connectivity index (χ4v) is 2.27. The van der Waals surface area contributed by atoms with E-state index in [1.54, 1.807) is 11.3 Å². The van der Waals surface area contributed by atoms with Crippen molar-refractivity contribution in [2.45, 2.75) is 32.6 Å². The zero-order valence-electron chi connectivity index (χ0n) is 11.2. The Labute approximate surface area is 131 Å². The second-order valence-electron chi connectivity index (χ2n) is 3.96. The Morgan fingerprint density at radius 1 is 1.28 bits per heavy atom. The molecule has 0 atom stereocenters. The molecule has 0 fully saturated rings.